The zero-order valence-electron chi connectivity index (χ0n) is 9.29. The molecular formula is C14H17N. The van der Waals surface area contributed by atoms with Crippen LogP contribution in [0.4, 0.5) is 0 Å². The molecule has 0 unspecified atom stereocenters. The van der Waals surface area contributed by atoms with Gasteiger partial charge in [-0.05, 0) is 43.9 Å². The van der Waals surface area contributed by atoms with Crippen molar-refractivity contribution in [3.63, 3.8) is 0 Å². The SMILES string of the molecule is C=C=C/C=C(C#N)\C=C(/C)C1CCCC1. The molecule has 0 atom stereocenters. The number of hydrogen-bond donors (Lipinski definition) is 0. The molecule has 0 aromatic rings. The van der Waals surface area contributed by atoms with Crippen LogP contribution in [0.1, 0.15) is 32.6 Å². The Bertz CT molecular complexity index is 353. The van der Waals surface area contributed by atoms with Crippen LogP contribution >= 0.6 is 0 Å². The van der Waals surface area contributed by atoms with E-state index < -0.39 is 0 Å². The summed E-state index contributed by atoms with van der Waals surface area (Å²) in [6.45, 7) is 5.59. The summed E-state index contributed by atoms with van der Waals surface area (Å²) in [6, 6.07) is 2.18. The Kier molecular flexibility index (Phi) is 4.68. The molecule has 1 nitrogen and oxygen atoms in total. The minimum absolute atomic E-state index is 0.689. The quantitative estimate of drug-likeness (QED) is 0.384. The van der Waals surface area contributed by atoms with Gasteiger partial charge in [-0.1, -0.05) is 25.0 Å². The van der Waals surface area contributed by atoms with Crippen molar-refractivity contribution in [1.82, 2.24) is 0 Å². The van der Waals surface area contributed by atoms with Crippen molar-refractivity contribution < 1.29 is 0 Å². The third-order valence-electron chi connectivity index (χ3n) is 2.89. The molecule has 1 fully saturated rings. The fraction of sp³-hybridized carbons (Fsp3) is 0.429. The average Bonchev–Trinajstić information content (AvgIpc) is 2.77. The van der Waals surface area contributed by atoms with Gasteiger partial charge >= 0.3 is 0 Å². The molecule has 1 aliphatic carbocycles. The summed E-state index contributed by atoms with van der Waals surface area (Å²) in [6.07, 6.45) is 10.6. The highest BCUT2D eigenvalue weighted by molar-refractivity contribution is 5.38. The summed E-state index contributed by atoms with van der Waals surface area (Å²) in [5.74, 6) is 0.689. The first kappa shape index (κ1) is 11.6. The van der Waals surface area contributed by atoms with E-state index in [0.717, 1.165) is 0 Å². The maximum Gasteiger partial charge on any atom is 0.0991 e. The van der Waals surface area contributed by atoms with E-state index in [-0.39, 0.29) is 0 Å². The summed E-state index contributed by atoms with van der Waals surface area (Å²) in [4.78, 5) is 0. The lowest BCUT2D eigenvalue weighted by molar-refractivity contribution is 0.642. The Balaban J connectivity index is 2.75. The van der Waals surface area contributed by atoms with Gasteiger partial charge in [-0.3, -0.25) is 0 Å². The molecule has 1 saturated carbocycles. The lowest BCUT2D eigenvalue weighted by atomic mass is 9.97. The molecule has 15 heavy (non-hydrogen) atoms. The predicted molar refractivity (Wildman–Crippen MR) is 63.1 cm³/mol. The molecule has 0 amide bonds. The van der Waals surface area contributed by atoms with Crippen LogP contribution in [0.25, 0.3) is 0 Å². The third-order valence-corrected chi connectivity index (χ3v) is 2.89. The lowest BCUT2D eigenvalue weighted by Crippen LogP contribution is -1.94. The van der Waals surface area contributed by atoms with E-state index in [2.05, 4.69) is 25.3 Å². The van der Waals surface area contributed by atoms with Gasteiger partial charge in [-0.15, -0.1) is 5.73 Å². The molecule has 1 aliphatic rings. The first-order valence-corrected chi connectivity index (χ1v) is 5.42. The zero-order chi connectivity index (χ0) is 11.1. The highest BCUT2D eigenvalue weighted by Gasteiger charge is 2.16. The number of nitrogens with zero attached hydrogens (tertiary/aromatic N) is 1. The molecule has 0 spiro atoms. The topological polar surface area (TPSA) is 23.8 Å². The summed E-state index contributed by atoms with van der Waals surface area (Å²) in [7, 11) is 0. The Hall–Kier alpha value is -1.51. The van der Waals surface area contributed by atoms with Crippen molar-refractivity contribution in [2.45, 2.75) is 32.6 Å². The van der Waals surface area contributed by atoms with Crippen molar-refractivity contribution in [3.8, 4) is 6.07 Å². The van der Waals surface area contributed by atoms with E-state index in [0.29, 0.717) is 11.5 Å². The fourth-order valence-electron chi connectivity index (χ4n) is 2.01. The van der Waals surface area contributed by atoms with Gasteiger partial charge in [-0.2, -0.15) is 5.26 Å². The van der Waals surface area contributed by atoms with Crippen LogP contribution in [0.15, 0.2) is 41.7 Å². The van der Waals surface area contributed by atoms with Crippen LogP contribution < -0.4 is 0 Å². The molecule has 1 heteroatoms. The summed E-state index contributed by atoms with van der Waals surface area (Å²) in [5.41, 5.74) is 4.67. The minimum Gasteiger partial charge on any atom is -0.192 e. The molecular weight excluding hydrogens is 182 g/mol. The normalized spacial score (nSPS) is 18.4. The Labute approximate surface area is 92.1 Å². The van der Waals surface area contributed by atoms with E-state index in [1.165, 1.54) is 31.3 Å². The summed E-state index contributed by atoms with van der Waals surface area (Å²) in [5, 5.41) is 8.91. The van der Waals surface area contributed by atoms with Crippen molar-refractivity contribution >= 4 is 0 Å². The second-order valence-electron chi connectivity index (χ2n) is 3.97. The smallest absolute Gasteiger partial charge is 0.0991 e. The zero-order valence-corrected chi connectivity index (χ0v) is 9.29. The molecule has 1 rings (SSSR count). The van der Waals surface area contributed by atoms with Crippen LogP contribution in [-0.4, -0.2) is 0 Å². The summed E-state index contributed by atoms with van der Waals surface area (Å²) < 4.78 is 0. The van der Waals surface area contributed by atoms with E-state index in [1.54, 1.807) is 12.2 Å². The van der Waals surface area contributed by atoms with Gasteiger partial charge in [-0.25, -0.2) is 0 Å². The molecule has 0 aliphatic heterocycles. The van der Waals surface area contributed by atoms with Gasteiger partial charge in [0.05, 0.1) is 11.6 Å². The van der Waals surface area contributed by atoms with Crippen LogP contribution in [0.2, 0.25) is 0 Å². The van der Waals surface area contributed by atoms with Gasteiger partial charge in [0.15, 0.2) is 0 Å². The third kappa shape index (κ3) is 3.62. The molecule has 0 N–H and O–H groups in total. The largest absolute Gasteiger partial charge is 0.192 e. The Morgan fingerprint density at radius 3 is 2.60 bits per heavy atom. The van der Waals surface area contributed by atoms with Crippen molar-refractivity contribution in [3.05, 3.63) is 41.7 Å². The Morgan fingerprint density at radius 2 is 2.07 bits per heavy atom. The second-order valence-corrected chi connectivity index (χ2v) is 3.97. The number of nitriles is 1. The van der Waals surface area contributed by atoms with Crippen molar-refractivity contribution in [2.75, 3.05) is 0 Å². The molecule has 0 heterocycles. The molecule has 0 aromatic heterocycles. The number of rotatable bonds is 3. The van der Waals surface area contributed by atoms with Gasteiger partial charge in [0, 0.05) is 0 Å². The predicted octanol–water partition coefficient (Wildman–Crippen LogP) is 3.91. The fourth-order valence-corrected chi connectivity index (χ4v) is 2.01. The van der Waals surface area contributed by atoms with Gasteiger partial charge < -0.3 is 0 Å². The van der Waals surface area contributed by atoms with Gasteiger partial charge in [0.2, 0.25) is 0 Å². The maximum atomic E-state index is 8.91. The highest BCUT2D eigenvalue weighted by Crippen LogP contribution is 2.31. The maximum absolute atomic E-state index is 8.91. The van der Waals surface area contributed by atoms with E-state index in [4.69, 9.17) is 5.26 Å². The molecule has 0 radical (unpaired) electrons. The first-order chi connectivity index (χ1) is 7.27. The van der Waals surface area contributed by atoms with Crippen LogP contribution in [0, 0.1) is 17.2 Å². The molecule has 0 aromatic carbocycles. The van der Waals surface area contributed by atoms with E-state index in [1.807, 2.05) is 6.08 Å². The van der Waals surface area contributed by atoms with E-state index >= 15 is 0 Å². The van der Waals surface area contributed by atoms with Crippen LogP contribution in [-0.2, 0) is 0 Å². The first-order valence-electron chi connectivity index (χ1n) is 5.42. The van der Waals surface area contributed by atoms with Crippen molar-refractivity contribution in [1.29, 1.82) is 5.26 Å². The molecule has 78 valence electrons. The standard InChI is InChI=1S/C14H17N/c1-3-4-7-13(11-15)10-12(2)14-8-5-6-9-14/h4,7,10,14H,1,5-6,8-9H2,2H3/b12-10+,13-7+. The van der Waals surface area contributed by atoms with Crippen LogP contribution in [0.5, 0.6) is 0 Å². The average molecular weight is 199 g/mol. The number of hydrogen-bond acceptors (Lipinski definition) is 1. The highest BCUT2D eigenvalue weighted by atomic mass is 14.3. The van der Waals surface area contributed by atoms with Gasteiger partial charge in [0.25, 0.3) is 0 Å². The summed E-state index contributed by atoms with van der Waals surface area (Å²) >= 11 is 0. The number of allylic oxidation sites excluding steroid dienone is 5. The monoisotopic (exact) mass is 199 g/mol. The van der Waals surface area contributed by atoms with Crippen molar-refractivity contribution in [2.24, 2.45) is 5.92 Å². The molecule has 0 bridgehead atoms. The lowest BCUT2D eigenvalue weighted by Gasteiger charge is -2.08. The second kappa shape index (κ2) is 6.06. The Morgan fingerprint density at radius 1 is 1.40 bits per heavy atom. The van der Waals surface area contributed by atoms with Gasteiger partial charge in [0.1, 0.15) is 0 Å². The molecule has 0 saturated heterocycles. The minimum atomic E-state index is 0.689. The van der Waals surface area contributed by atoms with E-state index in [9.17, 15) is 0 Å². The van der Waals surface area contributed by atoms with Crippen LogP contribution in [0.3, 0.4) is 0 Å².